The zero-order chi connectivity index (χ0) is 51.4. The number of carbonyl (C=O) groups is 2. The zero-order valence-electron chi connectivity index (χ0n) is 47.7. The SMILES string of the molecule is CCCCCCCC/C=C\CCCCCCCC(=O)OCCCCCCCCCCC/C=C\CCCCCCCCCC(=O)NC(CO)C(O)/C=C/CCCCCCCCCCCCCCCCCCC. The Hall–Kier alpha value is -1.92. The van der Waals surface area contributed by atoms with E-state index in [-0.39, 0.29) is 18.5 Å². The lowest BCUT2D eigenvalue weighted by molar-refractivity contribution is -0.143. The summed E-state index contributed by atoms with van der Waals surface area (Å²) in [5.41, 5.74) is 0. The fraction of sp³-hybridized carbons (Fsp3) is 0.877. The van der Waals surface area contributed by atoms with E-state index in [1.165, 1.54) is 263 Å². The highest BCUT2D eigenvalue weighted by atomic mass is 16.5. The van der Waals surface area contributed by atoms with Crippen molar-refractivity contribution in [1.29, 1.82) is 0 Å². The second-order valence-electron chi connectivity index (χ2n) is 21.7. The number of carbonyl (C=O) groups excluding carboxylic acids is 2. The molecule has 418 valence electrons. The summed E-state index contributed by atoms with van der Waals surface area (Å²) in [6.45, 7) is 4.90. The van der Waals surface area contributed by atoms with Gasteiger partial charge in [0.25, 0.3) is 0 Å². The Kier molecular flexibility index (Phi) is 59.0. The van der Waals surface area contributed by atoms with Gasteiger partial charge in [0, 0.05) is 12.8 Å². The van der Waals surface area contributed by atoms with Crippen LogP contribution in [-0.2, 0) is 14.3 Å². The van der Waals surface area contributed by atoms with Gasteiger partial charge >= 0.3 is 5.97 Å². The molecule has 0 spiro atoms. The van der Waals surface area contributed by atoms with Gasteiger partial charge in [-0.3, -0.25) is 9.59 Å². The lowest BCUT2D eigenvalue weighted by Gasteiger charge is -2.20. The van der Waals surface area contributed by atoms with Crippen molar-refractivity contribution in [2.24, 2.45) is 0 Å². The van der Waals surface area contributed by atoms with E-state index in [9.17, 15) is 19.8 Å². The van der Waals surface area contributed by atoms with Crippen molar-refractivity contribution in [3.63, 3.8) is 0 Å². The molecular formula is C65H123NO5. The summed E-state index contributed by atoms with van der Waals surface area (Å²) >= 11 is 0. The van der Waals surface area contributed by atoms with E-state index in [1.807, 2.05) is 6.08 Å². The molecule has 0 saturated carbocycles. The maximum atomic E-state index is 12.5. The third-order valence-corrected chi connectivity index (χ3v) is 14.6. The molecule has 0 aromatic carbocycles. The van der Waals surface area contributed by atoms with E-state index in [4.69, 9.17) is 4.74 Å². The number of allylic oxidation sites excluding steroid dienone is 5. The molecule has 6 heteroatoms. The summed E-state index contributed by atoms with van der Waals surface area (Å²) in [5.74, 6) is -0.0768. The number of ether oxygens (including phenoxy) is 1. The quantitative estimate of drug-likeness (QED) is 0.0321. The van der Waals surface area contributed by atoms with E-state index in [0.717, 1.165) is 51.4 Å². The first kappa shape index (κ1) is 69.1. The predicted octanol–water partition coefficient (Wildman–Crippen LogP) is 20.0. The normalized spacial score (nSPS) is 12.8. The number of hydrogen-bond donors (Lipinski definition) is 3. The second-order valence-corrected chi connectivity index (χ2v) is 21.7. The van der Waals surface area contributed by atoms with Gasteiger partial charge in [0.2, 0.25) is 5.91 Å². The summed E-state index contributed by atoms with van der Waals surface area (Å²) < 4.78 is 5.48. The van der Waals surface area contributed by atoms with Gasteiger partial charge in [-0.1, -0.05) is 281 Å². The Morgan fingerprint density at radius 3 is 1.00 bits per heavy atom. The number of amides is 1. The fourth-order valence-corrected chi connectivity index (χ4v) is 9.74. The molecule has 0 radical (unpaired) electrons. The average Bonchev–Trinajstić information content (AvgIpc) is 3.37. The summed E-state index contributed by atoms with van der Waals surface area (Å²) in [6, 6.07) is -0.635. The lowest BCUT2D eigenvalue weighted by Crippen LogP contribution is -2.45. The smallest absolute Gasteiger partial charge is 0.305 e. The van der Waals surface area contributed by atoms with Crippen LogP contribution in [0, 0.1) is 0 Å². The van der Waals surface area contributed by atoms with E-state index in [1.54, 1.807) is 6.08 Å². The van der Waals surface area contributed by atoms with Gasteiger partial charge in [0.15, 0.2) is 0 Å². The van der Waals surface area contributed by atoms with Crippen molar-refractivity contribution in [2.45, 2.75) is 353 Å². The highest BCUT2D eigenvalue weighted by Crippen LogP contribution is 2.17. The number of rotatable bonds is 59. The van der Waals surface area contributed by atoms with Gasteiger partial charge < -0.3 is 20.3 Å². The van der Waals surface area contributed by atoms with Crippen LogP contribution in [0.5, 0.6) is 0 Å². The standard InChI is InChI=1S/C65H123NO5/c1-3-5-7-9-11-13-15-17-19-20-23-26-30-33-37-41-45-49-53-57-63(68)62(61-67)66-64(69)58-54-50-46-42-38-34-31-27-24-21-22-25-28-32-36-40-44-48-52-56-60-71-65(70)59-55-51-47-43-39-35-29-18-16-14-12-10-8-6-4-2/h18,21,24,29,53,57,62-63,67-68H,3-17,19-20,22-23,25-28,30-52,54-56,58-61H2,1-2H3,(H,66,69)/b24-21-,29-18-,57-53+. The molecule has 0 bridgehead atoms. The van der Waals surface area contributed by atoms with Crippen LogP contribution in [0.15, 0.2) is 36.5 Å². The molecule has 1 amide bonds. The lowest BCUT2D eigenvalue weighted by atomic mass is 10.0. The van der Waals surface area contributed by atoms with Crippen molar-refractivity contribution in [1.82, 2.24) is 5.32 Å². The summed E-state index contributed by atoms with van der Waals surface area (Å²) in [7, 11) is 0. The Morgan fingerprint density at radius 2 is 0.662 bits per heavy atom. The predicted molar refractivity (Wildman–Crippen MR) is 310 cm³/mol. The van der Waals surface area contributed by atoms with Crippen LogP contribution in [0.3, 0.4) is 0 Å². The highest BCUT2D eigenvalue weighted by molar-refractivity contribution is 5.76. The monoisotopic (exact) mass is 998 g/mol. The molecule has 0 aliphatic carbocycles. The molecule has 0 aromatic heterocycles. The van der Waals surface area contributed by atoms with Crippen molar-refractivity contribution in [3.8, 4) is 0 Å². The molecule has 0 fully saturated rings. The summed E-state index contributed by atoms with van der Waals surface area (Å²) in [4.78, 5) is 24.5. The minimum Gasteiger partial charge on any atom is -0.466 e. The molecule has 6 nitrogen and oxygen atoms in total. The third-order valence-electron chi connectivity index (χ3n) is 14.6. The summed E-state index contributed by atoms with van der Waals surface area (Å²) in [5, 5.41) is 23.2. The van der Waals surface area contributed by atoms with Crippen LogP contribution in [0.25, 0.3) is 0 Å². The van der Waals surface area contributed by atoms with Crippen LogP contribution < -0.4 is 5.32 Å². The maximum absolute atomic E-state index is 12.5. The van der Waals surface area contributed by atoms with Gasteiger partial charge in [-0.15, -0.1) is 0 Å². The number of aliphatic hydroxyl groups excluding tert-OH is 2. The first-order valence-corrected chi connectivity index (χ1v) is 31.8. The van der Waals surface area contributed by atoms with Crippen LogP contribution in [0.4, 0.5) is 0 Å². The van der Waals surface area contributed by atoms with Crippen LogP contribution >= 0.6 is 0 Å². The molecular weight excluding hydrogens is 875 g/mol. The Bertz CT molecular complexity index is 1150. The molecule has 0 aliphatic heterocycles. The molecule has 0 aliphatic rings. The topological polar surface area (TPSA) is 95.9 Å². The average molecular weight is 999 g/mol. The fourth-order valence-electron chi connectivity index (χ4n) is 9.74. The van der Waals surface area contributed by atoms with Crippen LogP contribution in [0.2, 0.25) is 0 Å². The second kappa shape index (κ2) is 60.6. The minimum absolute atomic E-state index is 0.00220. The first-order chi connectivity index (χ1) is 35.0. The minimum atomic E-state index is -0.851. The molecule has 0 heterocycles. The molecule has 2 unspecified atom stereocenters. The largest absolute Gasteiger partial charge is 0.466 e. The number of esters is 1. The Morgan fingerprint density at radius 1 is 0.380 bits per heavy atom. The zero-order valence-corrected chi connectivity index (χ0v) is 47.7. The molecule has 0 saturated heterocycles. The highest BCUT2D eigenvalue weighted by Gasteiger charge is 2.18. The maximum Gasteiger partial charge on any atom is 0.305 e. The molecule has 71 heavy (non-hydrogen) atoms. The van der Waals surface area contributed by atoms with Gasteiger partial charge in [-0.2, -0.15) is 0 Å². The first-order valence-electron chi connectivity index (χ1n) is 31.8. The molecule has 0 aromatic rings. The summed E-state index contributed by atoms with van der Waals surface area (Å²) in [6.07, 6.45) is 76.1. The van der Waals surface area contributed by atoms with Crippen molar-refractivity contribution in [2.75, 3.05) is 13.2 Å². The third kappa shape index (κ3) is 57.2. The van der Waals surface area contributed by atoms with E-state index >= 15 is 0 Å². The van der Waals surface area contributed by atoms with Crippen LogP contribution in [0.1, 0.15) is 341 Å². The number of nitrogens with one attached hydrogen (secondary N) is 1. The van der Waals surface area contributed by atoms with Gasteiger partial charge in [-0.25, -0.2) is 0 Å². The number of hydrogen-bond acceptors (Lipinski definition) is 5. The number of unbranched alkanes of at least 4 members (excludes halogenated alkanes) is 44. The molecule has 3 N–H and O–H groups in total. The van der Waals surface area contributed by atoms with Crippen molar-refractivity contribution < 1.29 is 24.5 Å². The van der Waals surface area contributed by atoms with Gasteiger partial charge in [0.1, 0.15) is 0 Å². The molecule has 0 rings (SSSR count). The van der Waals surface area contributed by atoms with E-state index < -0.39 is 12.1 Å². The van der Waals surface area contributed by atoms with Gasteiger partial charge in [0.05, 0.1) is 25.4 Å². The van der Waals surface area contributed by atoms with Crippen molar-refractivity contribution in [3.05, 3.63) is 36.5 Å². The van der Waals surface area contributed by atoms with E-state index in [2.05, 4.69) is 43.5 Å². The van der Waals surface area contributed by atoms with Crippen molar-refractivity contribution >= 4 is 11.9 Å². The van der Waals surface area contributed by atoms with Crippen LogP contribution in [-0.4, -0.2) is 47.4 Å². The Labute approximate surface area is 443 Å². The van der Waals surface area contributed by atoms with E-state index in [0.29, 0.717) is 19.4 Å². The van der Waals surface area contributed by atoms with Gasteiger partial charge in [-0.05, 0) is 83.5 Å². The molecule has 2 atom stereocenters. The number of aliphatic hydroxyl groups is 2. The Balaban J connectivity index is 3.46.